The van der Waals surface area contributed by atoms with Crippen LogP contribution in [-0.4, -0.2) is 34.3 Å². The Bertz CT molecular complexity index is 1170. The van der Waals surface area contributed by atoms with Crippen LogP contribution >= 0.6 is 0 Å². The summed E-state index contributed by atoms with van der Waals surface area (Å²) in [5.74, 6) is -0.273. The molecule has 2 atom stereocenters. The topological polar surface area (TPSA) is 99.0 Å². The van der Waals surface area contributed by atoms with Crippen molar-refractivity contribution in [1.29, 1.82) is 0 Å². The highest BCUT2D eigenvalue weighted by Crippen LogP contribution is 2.38. The molecule has 1 saturated carbocycles. The van der Waals surface area contributed by atoms with E-state index in [-0.39, 0.29) is 17.8 Å². The van der Waals surface area contributed by atoms with Crippen molar-refractivity contribution < 1.29 is 17.5 Å². The lowest BCUT2D eigenvalue weighted by Gasteiger charge is -2.23. The molecule has 0 saturated heterocycles. The summed E-state index contributed by atoms with van der Waals surface area (Å²) in [4.78, 5) is 7.13. The summed E-state index contributed by atoms with van der Waals surface area (Å²) in [5, 5.41) is 4.24. The van der Waals surface area contributed by atoms with Crippen LogP contribution in [0.3, 0.4) is 0 Å². The fourth-order valence-corrected chi connectivity index (χ4v) is 5.15. The molecule has 1 fully saturated rings. The second kappa shape index (κ2) is 8.62. The van der Waals surface area contributed by atoms with Crippen LogP contribution in [0.1, 0.15) is 43.4 Å². The number of hydrogen-bond acceptors (Lipinski definition) is 6. The minimum Gasteiger partial charge on any atom is -0.489 e. The van der Waals surface area contributed by atoms with Gasteiger partial charge in [0.2, 0.25) is 0 Å². The third kappa shape index (κ3) is 4.39. The second-order valence-corrected chi connectivity index (χ2v) is 9.17. The van der Waals surface area contributed by atoms with E-state index in [2.05, 4.69) is 19.8 Å². The van der Waals surface area contributed by atoms with E-state index >= 15 is 0 Å². The van der Waals surface area contributed by atoms with E-state index in [1.807, 2.05) is 24.7 Å². The molecule has 10 heteroatoms. The van der Waals surface area contributed by atoms with Gasteiger partial charge in [0.05, 0.1) is 0 Å². The van der Waals surface area contributed by atoms with Crippen LogP contribution in [0.4, 0.5) is 10.2 Å². The molecule has 0 bridgehead atoms. The highest BCUT2D eigenvalue weighted by molar-refractivity contribution is 7.92. The van der Waals surface area contributed by atoms with Gasteiger partial charge in [-0.15, -0.1) is 0 Å². The van der Waals surface area contributed by atoms with Crippen molar-refractivity contribution in [2.45, 2.75) is 49.5 Å². The average Bonchev–Trinajstić information content (AvgIpc) is 3.36. The Morgan fingerprint density at radius 1 is 1.26 bits per heavy atom. The summed E-state index contributed by atoms with van der Waals surface area (Å²) in [6.07, 6.45) is 7.54. The second-order valence-electron chi connectivity index (χ2n) is 7.52. The molecule has 1 aliphatic rings. The Kier molecular flexibility index (Phi) is 5.90. The minimum atomic E-state index is -4.15. The molecule has 0 aliphatic heterocycles. The number of hydrogen-bond donors (Lipinski definition) is 1. The predicted octanol–water partition coefficient (Wildman–Crippen LogP) is 3.43. The number of ether oxygens (including phenoxy) is 1. The first-order valence-corrected chi connectivity index (χ1v) is 11.6. The van der Waals surface area contributed by atoms with Gasteiger partial charge >= 0.3 is 0 Å². The molecule has 164 valence electrons. The first-order chi connectivity index (χ1) is 14.9. The molecule has 4 rings (SSSR count). The first-order valence-electron chi connectivity index (χ1n) is 10.1. The molecular weight excluding hydrogens is 421 g/mol. The number of benzene rings is 1. The summed E-state index contributed by atoms with van der Waals surface area (Å²) < 4.78 is 50.7. The number of nitrogens with one attached hydrogen (secondary N) is 1. The Balaban J connectivity index is 1.61. The molecule has 31 heavy (non-hydrogen) atoms. The van der Waals surface area contributed by atoms with Crippen LogP contribution in [0, 0.1) is 5.82 Å². The maximum atomic E-state index is 14.9. The lowest BCUT2D eigenvalue weighted by Crippen LogP contribution is -2.23. The van der Waals surface area contributed by atoms with E-state index in [0.29, 0.717) is 17.7 Å². The molecule has 1 aromatic carbocycles. The lowest BCUT2D eigenvalue weighted by molar-refractivity contribution is 0.184. The van der Waals surface area contributed by atoms with Gasteiger partial charge < -0.3 is 4.74 Å². The van der Waals surface area contributed by atoms with Gasteiger partial charge in [0.1, 0.15) is 34.7 Å². The molecule has 3 aromatic rings. The Morgan fingerprint density at radius 2 is 2.10 bits per heavy atom. The van der Waals surface area contributed by atoms with E-state index < -0.39 is 20.7 Å². The van der Waals surface area contributed by atoms with Crippen LogP contribution in [0.25, 0.3) is 0 Å². The van der Waals surface area contributed by atoms with Crippen LogP contribution in [-0.2, 0) is 23.5 Å². The highest BCUT2D eigenvalue weighted by atomic mass is 32.2. The van der Waals surface area contributed by atoms with Crippen molar-refractivity contribution >= 4 is 15.8 Å². The maximum Gasteiger partial charge on any atom is 0.265 e. The summed E-state index contributed by atoms with van der Waals surface area (Å²) in [7, 11) is -2.26. The predicted molar refractivity (Wildman–Crippen MR) is 113 cm³/mol. The number of anilines is 1. The molecule has 8 nitrogen and oxygen atoms in total. The Hall–Kier alpha value is -3.01. The maximum absolute atomic E-state index is 14.9. The van der Waals surface area contributed by atoms with Crippen LogP contribution in [0.2, 0.25) is 0 Å². The Labute approximate surface area is 180 Å². The van der Waals surface area contributed by atoms with Crippen molar-refractivity contribution in [3.05, 3.63) is 60.1 Å². The first kappa shape index (κ1) is 21.2. The summed E-state index contributed by atoms with van der Waals surface area (Å²) >= 11 is 0. The summed E-state index contributed by atoms with van der Waals surface area (Å²) in [6, 6.07) is 5.88. The quantitative estimate of drug-likeness (QED) is 0.598. The molecule has 1 aliphatic carbocycles. The van der Waals surface area contributed by atoms with Gasteiger partial charge in [-0.1, -0.05) is 6.92 Å². The van der Waals surface area contributed by atoms with E-state index in [0.717, 1.165) is 25.0 Å². The monoisotopic (exact) mass is 445 g/mol. The van der Waals surface area contributed by atoms with Crippen LogP contribution in [0.5, 0.6) is 5.75 Å². The van der Waals surface area contributed by atoms with Gasteiger partial charge in [0.15, 0.2) is 0 Å². The molecule has 2 aromatic heterocycles. The van der Waals surface area contributed by atoms with Gasteiger partial charge in [-0.2, -0.15) is 5.10 Å². The van der Waals surface area contributed by atoms with E-state index in [1.165, 1.54) is 30.7 Å². The number of sulfonamides is 1. The van der Waals surface area contributed by atoms with Crippen molar-refractivity contribution in [2.24, 2.45) is 7.05 Å². The van der Waals surface area contributed by atoms with E-state index in [1.54, 1.807) is 6.20 Å². The van der Waals surface area contributed by atoms with Gasteiger partial charge in [-0.25, -0.2) is 22.8 Å². The smallest absolute Gasteiger partial charge is 0.265 e. The van der Waals surface area contributed by atoms with Crippen LogP contribution < -0.4 is 9.46 Å². The largest absolute Gasteiger partial charge is 0.489 e. The number of aromatic nitrogens is 4. The molecule has 2 heterocycles. The van der Waals surface area contributed by atoms with Gasteiger partial charge in [0, 0.05) is 37.1 Å². The zero-order chi connectivity index (χ0) is 22.0. The zero-order valence-electron chi connectivity index (χ0n) is 17.3. The highest BCUT2D eigenvalue weighted by Gasteiger charge is 2.33. The summed E-state index contributed by atoms with van der Waals surface area (Å²) in [6.45, 7) is 1.88. The van der Waals surface area contributed by atoms with Crippen molar-refractivity contribution in [2.75, 3.05) is 4.72 Å². The number of nitrogens with zero attached hydrogens (tertiary/aromatic N) is 4. The molecule has 0 radical (unpaired) electrons. The van der Waals surface area contributed by atoms with E-state index in [4.69, 9.17) is 4.74 Å². The molecule has 0 amide bonds. The third-order valence-corrected chi connectivity index (χ3v) is 6.95. The Morgan fingerprint density at radius 3 is 2.77 bits per heavy atom. The number of halogens is 1. The average molecular weight is 446 g/mol. The standard InChI is InChI=1S/C21H24FN5O3S/c1-3-14-11-20(31(28,29)26-21-8-9-23-13-24-21)16(22)12-19(14)30-18-6-4-5-15(18)17-7-10-25-27(17)2/h7-13,15,18H,3-6H2,1-2H3,(H,23,24,26)/t15-,18+/m1/s1. The third-order valence-electron chi connectivity index (χ3n) is 5.58. The van der Waals surface area contributed by atoms with Gasteiger partial charge in [-0.3, -0.25) is 9.40 Å². The lowest BCUT2D eigenvalue weighted by atomic mass is 10.0. The van der Waals surface area contributed by atoms with Gasteiger partial charge in [0.25, 0.3) is 10.0 Å². The minimum absolute atomic E-state index is 0.0674. The van der Waals surface area contributed by atoms with Crippen molar-refractivity contribution in [1.82, 2.24) is 19.7 Å². The summed E-state index contributed by atoms with van der Waals surface area (Å²) in [5.41, 5.74) is 1.70. The van der Waals surface area contributed by atoms with Crippen LogP contribution in [0.15, 0.2) is 47.9 Å². The molecular formula is C21H24FN5O3S. The molecule has 0 unspecified atom stereocenters. The SMILES string of the molecule is CCc1cc(S(=O)(=O)Nc2ccncn2)c(F)cc1O[C@H]1CCC[C@@H]1c1ccnn1C. The van der Waals surface area contributed by atoms with Gasteiger partial charge in [-0.05, 0) is 49.4 Å². The normalized spacial score (nSPS) is 18.8. The van der Waals surface area contributed by atoms with E-state index in [9.17, 15) is 12.8 Å². The zero-order valence-corrected chi connectivity index (χ0v) is 18.1. The fourth-order valence-electron chi connectivity index (χ4n) is 4.03. The van der Waals surface area contributed by atoms with Crippen molar-refractivity contribution in [3.8, 4) is 5.75 Å². The molecule has 0 spiro atoms. The molecule has 1 N–H and O–H groups in total. The number of aryl methyl sites for hydroxylation is 2. The fraction of sp³-hybridized carbons (Fsp3) is 0.381. The number of rotatable bonds is 7. The van der Waals surface area contributed by atoms with Crippen molar-refractivity contribution in [3.63, 3.8) is 0 Å².